The van der Waals surface area contributed by atoms with Crippen molar-refractivity contribution >= 4 is 12.0 Å². The lowest BCUT2D eigenvalue weighted by Gasteiger charge is -2.20. The Balaban J connectivity index is 1.52. The molecule has 142 valence electrons. The lowest BCUT2D eigenvalue weighted by atomic mass is 10.1. The monoisotopic (exact) mass is 374 g/mol. The molecule has 1 heterocycles. The van der Waals surface area contributed by atoms with E-state index in [0.29, 0.717) is 36.0 Å². The Bertz CT molecular complexity index is 816. The van der Waals surface area contributed by atoms with E-state index >= 15 is 0 Å². The number of esters is 1. The van der Waals surface area contributed by atoms with Gasteiger partial charge in [-0.1, -0.05) is 12.1 Å². The van der Waals surface area contributed by atoms with Crippen molar-refractivity contribution in [2.75, 3.05) is 33.5 Å². The van der Waals surface area contributed by atoms with Crippen LogP contribution in [0, 0.1) is 5.82 Å². The van der Waals surface area contributed by atoms with Crippen LogP contribution in [0.2, 0.25) is 0 Å². The van der Waals surface area contributed by atoms with Crippen LogP contribution in [0.15, 0.2) is 42.5 Å². The van der Waals surface area contributed by atoms with Gasteiger partial charge in [-0.05, 0) is 35.9 Å². The molecule has 0 spiro atoms. The van der Waals surface area contributed by atoms with Crippen LogP contribution in [-0.2, 0) is 9.53 Å². The maximum Gasteiger partial charge on any atom is 0.330 e. The standard InChI is InChI=1S/C20H19FO6/c1-23-17-12-14(13-18-20(17)27-11-9-25-18)6-7-19(22)26-10-8-24-16-5-3-2-4-15(16)21/h2-7,12-13H,8-11H2,1H3/b7-6+. The molecule has 0 fully saturated rings. The van der Waals surface area contributed by atoms with Crippen LogP contribution in [0.25, 0.3) is 6.08 Å². The Morgan fingerprint density at radius 1 is 1.15 bits per heavy atom. The minimum absolute atomic E-state index is 0.00195. The molecule has 0 aliphatic carbocycles. The molecular weight excluding hydrogens is 355 g/mol. The second-order valence-corrected chi connectivity index (χ2v) is 5.53. The van der Waals surface area contributed by atoms with Crippen molar-refractivity contribution in [3.63, 3.8) is 0 Å². The van der Waals surface area contributed by atoms with Crippen LogP contribution in [0.4, 0.5) is 4.39 Å². The number of methoxy groups -OCH3 is 1. The highest BCUT2D eigenvalue weighted by Gasteiger charge is 2.17. The van der Waals surface area contributed by atoms with Crippen LogP contribution < -0.4 is 18.9 Å². The third kappa shape index (κ3) is 4.91. The number of carbonyl (C=O) groups is 1. The maximum atomic E-state index is 13.4. The molecule has 0 saturated carbocycles. The van der Waals surface area contributed by atoms with Crippen molar-refractivity contribution in [2.24, 2.45) is 0 Å². The molecule has 1 aliphatic heterocycles. The van der Waals surface area contributed by atoms with Gasteiger partial charge in [-0.15, -0.1) is 0 Å². The minimum Gasteiger partial charge on any atom is -0.493 e. The first-order valence-corrected chi connectivity index (χ1v) is 8.37. The normalized spacial score (nSPS) is 12.7. The first-order valence-electron chi connectivity index (χ1n) is 8.37. The summed E-state index contributed by atoms with van der Waals surface area (Å²) in [5.41, 5.74) is 0.704. The van der Waals surface area contributed by atoms with Gasteiger partial charge in [0.25, 0.3) is 0 Å². The van der Waals surface area contributed by atoms with Crippen LogP contribution in [0.1, 0.15) is 5.56 Å². The number of halogens is 1. The predicted octanol–water partition coefficient (Wildman–Crippen LogP) is 3.24. The van der Waals surface area contributed by atoms with Gasteiger partial charge in [0.1, 0.15) is 26.4 Å². The molecule has 0 atom stereocenters. The second kappa shape index (κ2) is 8.93. The number of fused-ring (bicyclic) bond motifs is 1. The van der Waals surface area contributed by atoms with Crippen LogP contribution in [0.3, 0.4) is 0 Å². The number of hydrogen-bond acceptors (Lipinski definition) is 6. The molecule has 1 aliphatic rings. The van der Waals surface area contributed by atoms with Gasteiger partial charge >= 0.3 is 5.97 Å². The molecule has 0 amide bonds. The molecule has 0 bridgehead atoms. The number of benzene rings is 2. The fraction of sp³-hybridized carbons (Fsp3) is 0.250. The van der Waals surface area contributed by atoms with E-state index in [9.17, 15) is 9.18 Å². The highest BCUT2D eigenvalue weighted by molar-refractivity contribution is 5.87. The summed E-state index contributed by atoms with van der Waals surface area (Å²) in [6.45, 7) is 0.966. The lowest BCUT2D eigenvalue weighted by Crippen LogP contribution is -2.16. The van der Waals surface area contributed by atoms with Gasteiger partial charge in [0.15, 0.2) is 23.1 Å². The topological polar surface area (TPSA) is 63.2 Å². The highest BCUT2D eigenvalue weighted by Crippen LogP contribution is 2.40. The van der Waals surface area contributed by atoms with Crippen molar-refractivity contribution in [3.05, 3.63) is 53.9 Å². The van der Waals surface area contributed by atoms with Crippen molar-refractivity contribution < 1.29 is 32.9 Å². The van der Waals surface area contributed by atoms with Crippen molar-refractivity contribution in [1.29, 1.82) is 0 Å². The predicted molar refractivity (Wildman–Crippen MR) is 95.9 cm³/mol. The molecule has 0 radical (unpaired) electrons. The smallest absolute Gasteiger partial charge is 0.330 e. The molecule has 0 unspecified atom stereocenters. The van der Waals surface area contributed by atoms with E-state index in [1.54, 1.807) is 30.3 Å². The Labute approximate surface area is 156 Å². The summed E-state index contributed by atoms with van der Waals surface area (Å²) in [4.78, 5) is 11.8. The highest BCUT2D eigenvalue weighted by atomic mass is 19.1. The van der Waals surface area contributed by atoms with Crippen LogP contribution in [0.5, 0.6) is 23.0 Å². The van der Waals surface area contributed by atoms with Gasteiger partial charge in [-0.3, -0.25) is 0 Å². The molecular formula is C20H19FO6. The average molecular weight is 374 g/mol. The quantitative estimate of drug-likeness (QED) is 0.421. The summed E-state index contributed by atoms with van der Waals surface area (Å²) in [5.74, 6) is 0.754. The summed E-state index contributed by atoms with van der Waals surface area (Å²) in [6.07, 6.45) is 2.87. The van der Waals surface area contributed by atoms with E-state index in [1.807, 2.05) is 0 Å². The molecule has 2 aromatic carbocycles. The summed E-state index contributed by atoms with van der Waals surface area (Å²) < 4.78 is 40.0. The third-order valence-electron chi connectivity index (χ3n) is 3.68. The van der Waals surface area contributed by atoms with Gasteiger partial charge in [0, 0.05) is 6.08 Å². The van der Waals surface area contributed by atoms with Crippen molar-refractivity contribution in [2.45, 2.75) is 0 Å². The third-order valence-corrected chi connectivity index (χ3v) is 3.68. The number of hydrogen-bond donors (Lipinski definition) is 0. The molecule has 3 rings (SSSR count). The molecule has 27 heavy (non-hydrogen) atoms. The lowest BCUT2D eigenvalue weighted by molar-refractivity contribution is -0.138. The Hall–Kier alpha value is -3.22. The summed E-state index contributed by atoms with van der Waals surface area (Å²) in [7, 11) is 1.53. The Morgan fingerprint density at radius 3 is 2.78 bits per heavy atom. The number of carbonyl (C=O) groups excluding carboxylic acids is 1. The number of para-hydroxylation sites is 1. The number of ether oxygens (including phenoxy) is 5. The molecule has 2 aromatic rings. The largest absolute Gasteiger partial charge is 0.493 e. The zero-order valence-corrected chi connectivity index (χ0v) is 14.8. The van der Waals surface area contributed by atoms with E-state index in [-0.39, 0.29) is 19.0 Å². The minimum atomic E-state index is -0.541. The van der Waals surface area contributed by atoms with Gasteiger partial charge < -0.3 is 23.7 Å². The van der Waals surface area contributed by atoms with Gasteiger partial charge in [0.2, 0.25) is 5.75 Å². The second-order valence-electron chi connectivity index (χ2n) is 5.53. The van der Waals surface area contributed by atoms with E-state index in [1.165, 1.54) is 25.3 Å². The molecule has 6 nitrogen and oxygen atoms in total. The molecule has 0 N–H and O–H groups in total. The Kier molecular flexibility index (Phi) is 6.14. The first kappa shape index (κ1) is 18.6. The fourth-order valence-electron chi connectivity index (χ4n) is 2.46. The fourth-order valence-corrected chi connectivity index (χ4v) is 2.46. The zero-order chi connectivity index (χ0) is 19.1. The van der Waals surface area contributed by atoms with Gasteiger partial charge in [0.05, 0.1) is 7.11 Å². The summed E-state index contributed by atoms with van der Waals surface area (Å²) in [5, 5.41) is 0. The molecule has 0 saturated heterocycles. The average Bonchev–Trinajstić information content (AvgIpc) is 2.70. The summed E-state index contributed by atoms with van der Waals surface area (Å²) in [6, 6.07) is 9.52. The van der Waals surface area contributed by atoms with Crippen LogP contribution in [-0.4, -0.2) is 39.5 Å². The van der Waals surface area contributed by atoms with Crippen molar-refractivity contribution in [3.8, 4) is 23.0 Å². The first-order chi connectivity index (χ1) is 13.2. The van der Waals surface area contributed by atoms with Gasteiger partial charge in [-0.2, -0.15) is 0 Å². The van der Waals surface area contributed by atoms with E-state index in [2.05, 4.69) is 0 Å². The van der Waals surface area contributed by atoms with E-state index in [4.69, 9.17) is 23.7 Å². The maximum absolute atomic E-state index is 13.4. The number of rotatable bonds is 7. The van der Waals surface area contributed by atoms with Gasteiger partial charge in [-0.25, -0.2) is 9.18 Å². The summed E-state index contributed by atoms with van der Waals surface area (Å²) >= 11 is 0. The Morgan fingerprint density at radius 2 is 1.96 bits per heavy atom. The molecule has 7 heteroatoms. The molecule has 0 aromatic heterocycles. The van der Waals surface area contributed by atoms with E-state index < -0.39 is 11.8 Å². The van der Waals surface area contributed by atoms with Crippen LogP contribution >= 0.6 is 0 Å². The SMILES string of the molecule is COc1cc(/C=C/C(=O)OCCOc2ccccc2F)cc2c1OCCO2. The van der Waals surface area contributed by atoms with E-state index in [0.717, 1.165) is 0 Å². The van der Waals surface area contributed by atoms with Crippen molar-refractivity contribution in [1.82, 2.24) is 0 Å². The zero-order valence-electron chi connectivity index (χ0n) is 14.8.